The molecule has 0 fully saturated rings. The van der Waals surface area contributed by atoms with Gasteiger partial charge in [-0.2, -0.15) is 0 Å². The van der Waals surface area contributed by atoms with Crippen LogP contribution in [0, 0.1) is 0 Å². The normalized spacial score (nSPS) is 9.93. The Bertz CT molecular complexity index is 479. The van der Waals surface area contributed by atoms with Gasteiger partial charge in [0.15, 0.2) is 0 Å². The Morgan fingerprint density at radius 1 is 1.07 bits per heavy atom. The number of benzene rings is 1. The molecule has 2 nitrogen and oxygen atoms in total. The molecular weight excluding hydrogens is 210 g/mol. The average Bonchev–Trinajstić information content (AvgIpc) is 2.29. The first kappa shape index (κ1) is 9.87. The summed E-state index contributed by atoms with van der Waals surface area (Å²) in [5.74, 6) is 0. The smallest absolute Gasteiger partial charge is 0.150 e. The maximum absolute atomic E-state index is 10.5. The second-order valence-corrected chi connectivity index (χ2v) is 3.49. The number of pyridine rings is 1. The van der Waals surface area contributed by atoms with Gasteiger partial charge in [-0.15, -0.1) is 0 Å². The summed E-state index contributed by atoms with van der Waals surface area (Å²) in [6.45, 7) is 0. The van der Waals surface area contributed by atoms with Crippen LogP contribution in [0.4, 0.5) is 0 Å². The Morgan fingerprint density at radius 3 is 2.40 bits per heavy atom. The first-order chi connectivity index (χ1) is 7.29. The molecule has 0 unspecified atom stereocenters. The number of carbonyl (C=O) groups excluding carboxylic acids is 1. The molecule has 0 aliphatic heterocycles. The Labute approximate surface area is 92.5 Å². The van der Waals surface area contributed by atoms with Crippen LogP contribution in [0.1, 0.15) is 10.4 Å². The van der Waals surface area contributed by atoms with Crippen molar-refractivity contribution in [1.82, 2.24) is 4.98 Å². The van der Waals surface area contributed by atoms with Crippen molar-refractivity contribution in [3.63, 3.8) is 0 Å². The highest BCUT2D eigenvalue weighted by atomic mass is 35.5. The number of halogens is 1. The third-order valence-electron chi connectivity index (χ3n) is 2.11. The summed E-state index contributed by atoms with van der Waals surface area (Å²) in [7, 11) is 0. The lowest BCUT2D eigenvalue weighted by atomic mass is 10.1. The van der Waals surface area contributed by atoms with Crippen molar-refractivity contribution in [2.75, 3.05) is 0 Å². The Hall–Kier alpha value is -1.67. The number of hydrogen-bond donors (Lipinski definition) is 0. The topological polar surface area (TPSA) is 30.0 Å². The summed E-state index contributed by atoms with van der Waals surface area (Å²) in [5.41, 5.74) is 2.68. The molecule has 3 heteroatoms. The second-order valence-electron chi connectivity index (χ2n) is 3.11. The SMILES string of the molecule is O=Cc1ccc(-c2ccnc(Cl)c2)cc1. The Kier molecular flexibility index (Phi) is 2.79. The maximum Gasteiger partial charge on any atom is 0.150 e. The lowest BCUT2D eigenvalue weighted by molar-refractivity contribution is 0.112. The fourth-order valence-electron chi connectivity index (χ4n) is 1.34. The molecule has 0 bridgehead atoms. The van der Waals surface area contributed by atoms with E-state index in [1.165, 1.54) is 0 Å². The van der Waals surface area contributed by atoms with Gasteiger partial charge in [0.25, 0.3) is 0 Å². The Balaban J connectivity index is 2.41. The highest BCUT2D eigenvalue weighted by molar-refractivity contribution is 6.29. The first-order valence-corrected chi connectivity index (χ1v) is 4.84. The molecule has 15 heavy (non-hydrogen) atoms. The molecule has 0 aliphatic rings. The summed E-state index contributed by atoms with van der Waals surface area (Å²) in [6, 6.07) is 11.0. The number of rotatable bonds is 2. The third-order valence-corrected chi connectivity index (χ3v) is 2.31. The van der Waals surface area contributed by atoms with Gasteiger partial charge in [0, 0.05) is 11.8 Å². The van der Waals surface area contributed by atoms with E-state index in [-0.39, 0.29) is 0 Å². The van der Waals surface area contributed by atoms with E-state index in [1.54, 1.807) is 24.4 Å². The van der Waals surface area contributed by atoms with Crippen LogP contribution >= 0.6 is 11.6 Å². The van der Waals surface area contributed by atoms with E-state index in [0.29, 0.717) is 10.7 Å². The minimum absolute atomic E-state index is 0.465. The quantitative estimate of drug-likeness (QED) is 0.571. The van der Waals surface area contributed by atoms with E-state index in [2.05, 4.69) is 4.98 Å². The van der Waals surface area contributed by atoms with Crippen molar-refractivity contribution >= 4 is 17.9 Å². The van der Waals surface area contributed by atoms with Crippen molar-refractivity contribution in [3.05, 3.63) is 53.3 Å². The van der Waals surface area contributed by atoms with E-state index in [1.807, 2.05) is 18.2 Å². The minimum atomic E-state index is 0.465. The van der Waals surface area contributed by atoms with E-state index < -0.39 is 0 Å². The molecule has 0 amide bonds. The summed E-state index contributed by atoms with van der Waals surface area (Å²) in [5, 5.41) is 0.465. The summed E-state index contributed by atoms with van der Waals surface area (Å²) in [4.78, 5) is 14.4. The largest absolute Gasteiger partial charge is 0.298 e. The van der Waals surface area contributed by atoms with Gasteiger partial charge in [-0.3, -0.25) is 4.79 Å². The first-order valence-electron chi connectivity index (χ1n) is 4.47. The van der Waals surface area contributed by atoms with Gasteiger partial charge in [-0.1, -0.05) is 35.9 Å². The predicted octanol–water partition coefficient (Wildman–Crippen LogP) is 3.21. The minimum Gasteiger partial charge on any atom is -0.298 e. The van der Waals surface area contributed by atoms with Crippen LogP contribution in [-0.4, -0.2) is 11.3 Å². The number of carbonyl (C=O) groups is 1. The van der Waals surface area contributed by atoms with E-state index in [0.717, 1.165) is 17.4 Å². The molecule has 0 saturated heterocycles. The van der Waals surface area contributed by atoms with Gasteiger partial charge < -0.3 is 0 Å². The zero-order valence-electron chi connectivity index (χ0n) is 7.85. The molecule has 0 atom stereocenters. The molecular formula is C12H8ClNO. The van der Waals surface area contributed by atoms with Crippen molar-refractivity contribution in [3.8, 4) is 11.1 Å². The lowest BCUT2D eigenvalue weighted by Gasteiger charge is -2.01. The summed E-state index contributed by atoms with van der Waals surface area (Å²) < 4.78 is 0. The summed E-state index contributed by atoms with van der Waals surface area (Å²) >= 11 is 5.79. The highest BCUT2D eigenvalue weighted by Gasteiger charge is 1.98. The molecule has 0 N–H and O–H groups in total. The van der Waals surface area contributed by atoms with E-state index >= 15 is 0 Å². The summed E-state index contributed by atoms with van der Waals surface area (Å²) in [6.07, 6.45) is 2.48. The van der Waals surface area contributed by atoms with Crippen molar-refractivity contribution in [2.24, 2.45) is 0 Å². The van der Waals surface area contributed by atoms with Crippen LogP contribution < -0.4 is 0 Å². The van der Waals surface area contributed by atoms with Crippen molar-refractivity contribution in [1.29, 1.82) is 0 Å². The van der Waals surface area contributed by atoms with Crippen LogP contribution in [-0.2, 0) is 0 Å². The fraction of sp³-hybridized carbons (Fsp3) is 0. The van der Waals surface area contributed by atoms with Gasteiger partial charge in [0.1, 0.15) is 11.4 Å². The van der Waals surface area contributed by atoms with Crippen molar-refractivity contribution in [2.45, 2.75) is 0 Å². The average molecular weight is 218 g/mol. The van der Waals surface area contributed by atoms with Gasteiger partial charge in [-0.25, -0.2) is 4.98 Å². The van der Waals surface area contributed by atoms with Gasteiger partial charge in [0.2, 0.25) is 0 Å². The predicted molar refractivity (Wildman–Crippen MR) is 60.1 cm³/mol. The highest BCUT2D eigenvalue weighted by Crippen LogP contribution is 2.21. The monoisotopic (exact) mass is 217 g/mol. The van der Waals surface area contributed by atoms with E-state index in [4.69, 9.17) is 11.6 Å². The molecule has 1 heterocycles. The molecule has 0 spiro atoms. The van der Waals surface area contributed by atoms with Crippen molar-refractivity contribution < 1.29 is 4.79 Å². The zero-order valence-corrected chi connectivity index (χ0v) is 8.61. The molecule has 1 aromatic carbocycles. The standard InChI is InChI=1S/C12H8ClNO/c13-12-7-11(5-6-14-12)10-3-1-9(8-15)2-4-10/h1-8H. The maximum atomic E-state index is 10.5. The molecule has 1 aromatic heterocycles. The van der Waals surface area contributed by atoms with Crippen LogP contribution in [0.15, 0.2) is 42.6 Å². The molecule has 0 radical (unpaired) electrons. The third kappa shape index (κ3) is 2.22. The van der Waals surface area contributed by atoms with Crippen LogP contribution in [0.5, 0.6) is 0 Å². The van der Waals surface area contributed by atoms with Gasteiger partial charge in [0.05, 0.1) is 0 Å². The molecule has 2 aromatic rings. The van der Waals surface area contributed by atoms with Crippen LogP contribution in [0.2, 0.25) is 5.15 Å². The van der Waals surface area contributed by atoms with Crippen LogP contribution in [0.25, 0.3) is 11.1 Å². The number of hydrogen-bond acceptors (Lipinski definition) is 2. The second kappa shape index (κ2) is 4.24. The fourth-order valence-corrected chi connectivity index (χ4v) is 1.51. The molecule has 0 aliphatic carbocycles. The molecule has 2 rings (SSSR count). The van der Waals surface area contributed by atoms with Gasteiger partial charge >= 0.3 is 0 Å². The van der Waals surface area contributed by atoms with Crippen LogP contribution in [0.3, 0.4) is 0 Å². The lowest BCUT2D eigenvalue weighted by Crippen LogP contribution is -1.82. The Morgan fingerprint density at radius 2 is 1.80 bits per heavy atom. The van der Waals surface area contributed by atoms with Gasteiger partial charge in [-0.05, 0) is 23.3 Å². The van der Waals surface area contributed by atoms with E-state index in [9.17, 15) is 4.79 Å². The molecule has 0 saturated carbocycles. The molecule has 74 valence electrons. The zero-order chi connectivity index (χ0) is 10.7. The number of nitrogens with zero attached hydrogens (tertiary/aromatic N) is 1. The number of aldehydes is 1. The number of aromatic nitrogens is 1.